The Kier molecular flexibility index (Phi) is 7.18. The van der Waals surface area contributed by atoms with Gasteiger partial charge in [0.1, 0.15) is 5.82 Å². The van der Waals surface area contributed by atoms with Crippen LogP contribution in [-0.2, 0) is 16.1 Å². The van der Waals surface area contributed by atoms with Gasteiger partial charge in [0.2, 0.25) is 5.91 Å². The van der Waals surface area contributed by atoms with Crippen molar-refractivity contribution < 1.29 is 32.3 Å². The van der Waals surface area contributed by atoms with Crippen molar-refractivity contribution in [1.82, 2.24) is 10.2 Å². The molecule has 10 heteroatoms. The molecular formula is C15H17ClF4N2O3. The highest BCUT2D eigenvalue weighted by atomic mass is 35.5. The Balaban J connectivity index is 0.00000312. The summed E-state index contributed by atoms with van der Waals surface area (Å²) in [5, 5.41) is 11.4. The Morgan fingerprint density at radius 2 is 1.80 bits per heavy atom. The van der Waals surface area contributed by atoms with Gasteiger partial charge in [-0.15, -0.1) is 12.4 Å². The molecule has 0 spiro atoms. The second-order valence-corrected chi connectivity index (χ2v) is 5.69. The van der Waals surface area contributed by atoms with E-state index in [4.69, 9.17) is 5.11 Å². The first-order valence-corrected chi connectivity index (χ1v) is 7.20. The number of halogens is 5. The number of carbonyl (C=O) groups excluding carboxylic acids is 1. The van der Waals surface area contributed by atoms with E-state index in [9.17, 15) is 27.2 Å². The van der Waals surface area contributed by atoms with Crippen molar-refractivity contribution in [2.75, 3.05) is 19.6 Å². The highest BCUT2D eigenvalue weighted by Gasteiger charge is 2.52. The Bertz CT molecular complexity index is 610. The molecule has 5 nitrogen and oxygen atoms in total. The number of likely N-dealkylation sites (tertiary alicyclic amines) is 1. The molecule has 1 fully saturated rings. The maximum Gasteiger partial charge on any atom is 0.393 e. The SMILES string of the molecule is Cl.O=C(CN1C[C@@H](C(F)(F)F)[C@H](C(=O)O)C1)NCc1ccc(F)cc1. The Morgan fingerprint density at radius 3 is 2.28 bits per heavy atom. The van der Waals surface area contributed by atoms with E-state index < -0.39 is 42.3 Å². The monoisotopic (exact) mass is 384 g/mol. The topological polar surface area (TPSA) is 69.6 Å². The van der Waals surface area contributed by atoms with E-state index >= 15 is 0 Å². The summed E-state index contributed by atoms with van der Waals surface area (Å²) in [6.45, 7) is -1.07. The van der Waals surface area contributed by atoms with Crippen molar-refractivity contribution in [2.24, 2.45) is 11.8 Å². The number of hydrogen-bond donors (Lipinski definition) is 2. The third-order valence-electron chi connectivity index (χ3n) is 3.90. The van der Waals surface area contributed by atoms with Gasteiger partial charge in [-0.05, 0) is 17.7 Å². The number of carboxylic acids is 1. The average molecular weight is 385 g/mol. The Morgan fingerprint density at radius 1 is 1.20 bits per heavy atom. The molecule has 1 aliphatic rings. The summed E-state index contributed by atoms with van der Waals surface area (Å²) in [5.74, 6) is -6.02. The molecule has 0 aliphatic carbocycles. The molecule has 140 valence electrons. The molecule has 0 radical (unpaired) electrons. The van der Waals surface area contributed by atoms with E-state index in [1.807, 2.05) is 0 Å². The zero-order chi connectivity index (χ0) is 17.9. The van der Waals surface area contributed by atoms with Gasteiger partial charge >= 0.3 is 12.1 Å². The number of carboxylic acid groups (broad SMARTS) is 1. The average Bonchev–Trinajstić information content (AvgIpc) is 2.91. The fraction of sp³-hybridized carbons (Fsp3) is 0.467. The third kappa shape index (κ3) is 5.86. The zero-order valence-corrected chi connectivity index (χ0v) is 13.7. The highest BCUT2D eigenvalue weighted by molar-refractivity contribution is 5.85. The van der Waals surface area contributed by atoms with Crippen LogP contribution in [0.5, 0.6) is 0 Å². The minimum Gasteiger partial charge on any atom is -0.481 e. The van der Waals surface area contributed by atoms with Gasteiger partial charge in [0, 0.05) is 19.6 Å². The zero-order valence-electron chi connectivity index (χ0n) is 12.9. The second-order valence-electron chi connectivity index (χ2n) is 5.69. The van der Waals surface area contributed by atoms with Gasteiger partial charge in [-0.3, -0.25) is 14.5 Å². The standard InChI is InChI=1S/C15H16F4N2O3.ClH/c16-10-3-1-9(2-4-10)5-20-13(22)8-21-6-11(14(23)24)12(7-21)15(17,18)19;/h1-4,11-12H,5-8H2,(H,20,22)(H,23,24);1H/t11-,12-;/m1./s1. The number of carbonyl (C=O) groups is 2. The van der Waals surface area contributed by atoms with Gasteiger partial charge in [0.05, 0.1) is 18.4 Å². The van der Waals surface area contributed by atoms with Crippen LogP contribution in [-0.4, -0.2) is 47.7 Å². The van der Waals surface area contributed by atoms with Gasteiger partial charge in [-0.1, -0.05) is 12.1 Å². The summed E-state index contributed by atoms with van der Waals surface area (Å²) in [6.07, 6.45) is -4.62. The fourth-order valence-corrected chi connectivity index (χ4v) is 2.66. The lowest BCUT2D eigenvalue weighted by molar-refractivity contribution is -0.188. The van der Waals surface area contributed by atoms with Crippen LogP contribution in [0, 0.1) is 17.7 Å². The molecule has 1 amide bonds. The van der Waals surface area contributed by atoms with Crippen molar-refractivity contribution in [3.8, 4) is 0 Å². The van der Waals surface area contributed by atoms with Crippen LogP contribution >= 0.6 is 12.4 Å². The van der Waals surface area contributed by atoms with Gasteiger partial charge in [0.15, 0.2) is 0 Å². The first-order valence-electron chi connectivity index (χ1n) is 7.20. The molecule has 2 N–H and O–H groups in total. The summed E-state index contributed by atoms with van der Waals surface area (Å²) < 4.78 is 51.3. The van der Waals surface area contributed by atoms with Crippen molar-refractivity contribution in [3.05, 3.63) is 35.6 Å². The molecule has 2 atom stereocenters. The fourth-order valence-electron chi connectivity index (χ4n) is 2.66. The molecule has 1 aromatic rings. The van der Waals surface area contributed by atoms with Crippen molar-refractivity contribution >= 4 is 24.3 Å². The van der Waals surface area contributed by atoms with Crippen LogP contribution in [0.4, 0.5) is 17.6 Å². The first-order chi connectivity index (χ1) is 11.2. The van der Waals surface area contributed by atoms with Crippen molar-refractivity contribution in [1.29, 1.82) is 0 Å². The molecule has 1 saturated heterocycles. The number of amides is 1. The van der Waals surface area contributed by atoms with Gasteiger partial charge in [-0.2, -0.15) is 13.2 Å². The summed E-state index contributed by atoms with van der Waals surface area (Å²) in [5.41, 5.74) is 0.641. The lowest BCUT2D eigenvalue weighted by Crippen LogP contribution is -2.36. The molecule has 1 heterocycles. The quantitative estimate of drug-likeness (QED) is 0.762. The number of aliphatic carboxylic acids is 1. The molecule has 0 bridgehead atoms. The van der Waals surface area contributed by atoms with Crippen molar-refractivity contribution in [2.45, 2.75) is 12.7 Å². The minimum atomic E-state index is -4.62. The summed E-state index contributed by atoms with van der Waals surface area (Å²) in [4.78, 5) is 24.0. The number of rotatable bonds is 5. The molecule has 2 rings (SSSR count). The maximum absolute atomic E-state index is 12.9. The first kappa shape index (κ1) is 21.2. The predicted molar refractivity (Wildman–Crippen MR) is 82.6 cm³/mol. The predicted octanol–water partition coefficient (Wildman–Crippen LogP) is 2.06. The summed E-state index contributed by atoms with van der Waals surface area (Å²) >= 11 is 0. The normalized spacial score (nSPS) is 20.8. The third-order valence-corrected chi connectivity index (χ3v) is 3.90. The van der Waals surface area contributed by atoms with Crippen LogP contribution < -0.4 is 5.32 Å². The van der Waals surface area contributed by atoms with Crippen LogP contribution in [0.1, 0.15) is 5.56 Å². The number of nitrogens with one attached hydrogen (secondary N) is 1. The lowest BCUT2D eigenvalue weighted by atomic mass is 9.96. The number of alkyl halides is 3. The number of benzene rings is 1. The van der Waals surface area contributed by atoms with Crippen LogP contribution in [0.15, 0.2) is 24.3 Å². The molecule has 1 aromatic carbocycles. The number of hydrogen-bond acceptors (Lipinski definition) is 3. The van der Waals surface area contributed by atoms with E-state index in [1.165, 1.54) is 29.2 Å². The Labute approximate surface area is 147 Å². The Hall–Kier alpha value is -1.87. The molecular weight excluding hydrogens is 368 g/mol. The molecule has 0 unspecified atom stereocenters. The van der Waals surface area contributed by atoms with E-state index in [-0.39, 0.29) is 32.0 Å². The highest BCUT2D eigenvalue weighted by Crippen LogP contribution is 2.37. The van der Waals surface area contributed by atoms with Crippen molar-refractivity contribution in [3.63, 3.8) is 0 Å². The van der Waals surface area contributed by atoms with Gasteiger partial charge < -0.3 is 10.4 Å². The van der Waals surface area contributed by atoms with E-state index in [0.29, 0.717) is 5.56 Å². The maximum atomic E-state index is 12.9. The van der Waals surface area contributed by atoms with Gasteiger partial charge in [-0.25, -0.2) is 4.39 Å². The van der Waals surface area contributed by atoms with E-state index in [1.54, 1.807) is 0 Å². The summed E-state index contributed by atoms with van der Waals surface area (Å²) in [6, 6.07) is 5.41. The van der Waals surface area contributed by atoms with E-state index in [0.717, 1.165) is 0 Å². The summed E-state index contributed by atoms with van der Waals surface area (Å²) in [7, 11) is 0. The molecule has 1 aliphatic heterocycles. The smallest absolute Gasteiger partial charge is 0.393 e. The van der Waals surface area contributed by atoms with Gasteiger partial charge in [0.25, 0.3) is 0 Å². The largest absolute Gasteiger partial charge is 0.481 e. The van der Waals surface area contributed by atoms with Crippen LogP contribution in [0.25, 0.3) is 0 Å². The van der Waals surface area contributed by atoms with Crippen LogP contribution in [0.2, 0.25) is 0 Å². The minimum absolute atomic E-state index is 0. The van der Waals surface area contributed by atoms with Crippen LogP contribution in [0.3, 0.4) is 0 Å². The lowest BCUT2D eigenvalue weighted by Gasteiger charge is -2.18. The molecule has 0 saturated carbocycles. The molecule has 25 heavy (non-hydrogen) atoms. The second kappa shape index (κ2) is 8.48. The van der Waals surface area contributed by atoms with E-state index in [2.05, 4.69) is 5.32 Å². The molecule has 0 aromatic heterocycles. The number of nitrogens with zero attached hydrogens (tertiary/aromatic N) is 1.